The molecular weight excluding hydrogens is 286 g/mol. The van der Waals surface area contributed by atoms with Gasteiger partial charge >= 0.3 is 0 Å². The second kappa shape index (κ2) is 4.98. The Labute approximate surface area is 108 Å². The van der Waals surface area contributed by atoms with Crippen LogP contribution in [-0.2, 0) is 14.3 Å². The van der Waals surface area contributed by atoms with Gasteiger partial charge in [0.1, 0.15) is 13.2 Å². The number of carbonyl (C=O) groups is 2. The quantitative estimate of drug-likeness (QED) is 0.783. The lowest BCUT2D eigenvalue weighted by Crippen LogP contribution is -2.47. The van der Waals surface area contributed by atoms with E-state index in [0.717, 1.165) is 10.0 Å². The minimum atomic E-state index is -0.284. The van der Waals surface area contributed by atoms with Gasteiger partial charge in [0.2, 0.25) is 0 Å². The van der Waals surface area contributed by atoms with Crippen LogP contribution in [0, 0.1) is 0 Å². The molecule has 2 amide bonds. The number of carbonyl (C=O) groups excluding carboxylic acids is 2. The highest BCUT2D eigenvalue weighted by Gasteiger charge is 2.31. The van der Waals surface area contributed by atoms with Gasteiger partial charge in [0.15, 0.2) is 0 Å². The molecule has 0 saturated carbocycles. The Balaban J connectivity index is 2.26. The van der Waals surface area contributed by atoms with Crippen molar-refractivity contribution in [3.05, 3.63) is 34.3 Å². The molecule has 1 unspecified atom stereocenters. The molecule has 0 spiro atoms. The van der Waals surface area contributed by atoms with Gasteiger partial charge in [0.25, 0.3) is 11.8 Å². The van der Waals surface area contributed by atoms with Crippen LogP contribution in [0.3, 0.4) is 0 Å². The predicted octanol–water partition coefficient (Wildman–Crippen LogP) is 1.90. The number of nitrogens with zero attached hydrogens (tertiary/aromatic N) is 1. The molecule has 5 heteroatoms. The average molecular weight is 298 g/mol. The van der Waals surface area contributed by atoms with Crippen LogP contribution in [-0.4, -0.2) is 29.9 Å². The van der Waals surface area contributed by atoms with Gasteiger partial charge in [-0.2, -0.15) is 0 Å². The third kappa shape index (κ3) is 2.56. The van der Waals surface area contributed by atoms with Gasteiger partial charge in [-0.05, 0) is 24.6 Å². The van der Waals surface area contributed by atoms with E-state index in [1.54, 1.807) is 0 Å². The van der Waals surface area contributed by atoms with Gasteiger partial charge in [-0.1, -0.05) is 28.1 Å². The van der Waals surface area contributed by atoms with Crippen molar-refractivity contribution in [3.63, 3.8) is 0 Å². The largest absolute Gasteiger partial charge is 0.362 e. The summed E-state index contributed by atoms with van der Waals surface area (Å²) in [5.41, 5.74) is 0.919. The van der Waals surface area contributed by atoms with Gasteiger partial charge in [-0.25, -0.2) is 0 Å². The fraction of sp³-hybridized carbons (Fsp3) is 0.333. The summed E-state index contributed by atoms with van der Waals surface area (Å²) in [5.74, 6) is -0.567. The van der Waals surface area contributed by atoms with E-state index in [1.165, 1.54) is 4.90 Å². The zero-order chi connectivity index (χ0) is 12.4. The maximum Gasteiger partial charge on any atom is 0.255 e. The van der Waals surface area contributed by atoms with Crippen LogP contribution >= 0.6 is 15.9 Å². The molecule has 1 fully saturated rings. The maximum absolute atomic E-state index is 11.7. The van der Waals surface area contributed by atoms with Gasteiger partial charge < -0.3 is 4.74 Å². The summed E-state index contributed by atoms with van der Waals surface area (Å²) < 4.78 is 5.81. The molecule has 2 rings (SSSR count). The van der Waals surface area contributed by atoms with Crippen molar-refractivity contribution in [1.29, 1.82) is 0 Å². The molecule has 1 aliphatic rings. The lowest BCUT2D eigenvalue weighted by Gasteiger charge is -2.30. The highest BCUT2D eigenvalue weighted by atomic mass is 79.9. The topological polar surface area (TPSA) is 46.6 Å². The molecule has 1 atom stereocenters. The van der Waals surface area contributed by atoms with Crippen LogP contribution in [0.2, 0.25) is 0 Å². The smallest absolute Gasteiger partial charge is 0.255 e. The number of rotatable bonds is 2. The summed E-state index contributed by atoms with van der Waals surface area (Å²) in [6, 6.07) is 7.31. The molecular formula is C12H12BrNO3. The Morgan fingerprint density at radius 1 is 1.29 bits per heavy atom. The molecule has 0 N–H and O–H groups in total. The Kier molecular flexibility index (Phi) is 3.59. The van der Waals surface area contributed by atoms with Crippen molar-refractivity contribution in [2.75, 3.05) is 13.2 Å². The summed E-state index contributed by atoms with van der Waals surface area (Å²) >= 11 is 3.37. The number of amides is 2. The van der Waals surface area contributed by atoms with Crippen molar-refractivity contribution in [1.82, 2.24) is 4.90 Å². The minimum absolute atomic E-state index is 0.0237. The van der Waals surface area contributed by atoms with E-state index in [1.807, 2.05) is 31.2 Å². The first-order valence-electron chi connectivity index (χ1n) is 5.27. The van der Waals surface area contributed by atoms with E-state index in [9.17, 15) is 9.59 Å². The highest BCUT2D eigenvalue weighted by molar-refractivity contribution is 9.10. The van der Waals surface area contributed by atoms with Crippen LogP contribution in [0.5, 0.6) is 0 Å². The fourth-order valence-electron chi connectivity index (χ4n) is 1.85. The Hall–Kier alpha value is -1.20. The Morgan fingerprint density at radius 3 is 2.53 bits per heavy atom. The first-order valence-corrected chi connectivity index (χ1v) is 6.07. The van der Waals surface area contributed by atoms with Gasteiger partial charge in [0, 0.05) is 4.47 Å². The molecule has 1 aliphatic heterocycles. The van der Waals surface area contributed by atoms with E-state index < -0.39 is 0 Å². The number of imide groups is 1. The van der Waals surface area contributed by atoms with Crippen LogP contribution in [0.25, 0.3) is 0 Å². The fourth-order valence-corrected chi connectivity index (χ4v) is 2.27. The first-order chi connectivity index (χ1) is 8.09. The molecule has 1 aromatic rings. The third-order valence-corrected chi connectivity index (χ3v) is 3.20. The van der Waals surface area contributed by atoms with Crippen molar-refractivity contribution in [3.8, 4) is 0 Å². The molecule has 1 heterocycles. The maximum atomic E-state index is 11.7. The summed E-state index contributed by atoms with van der Waals surface area (Å²) in [4.78, 5) is 24.6. The molecule has 0 bridgehead atoms. The Morgan fingerprint density at radius 2 is 1.94 bits per heavy atom. The summed E-state index contributed by atoms with van der Waals surface area (Å²) in [5, 5.41) is 0. The van der Waals surface area contributed by atoms with E-state index >= 15 is 0 Å². The number of benzene rings is 1. The number of hydrogen-bond donors (Lipinski definition) is 0. The highest BCUT2D eigenvalue weighted by Crippen LogP contribution is 2.24. The number of hydrogen-bond acceptors (Lipinski definition) is 3. The van der Waals surface area contributed by atoms with Crippen LogP contribution in [0.1, 0.15) is 18.5 Å². The molecule has 0 aromatic heterocycles. The lowest BCUT2D eigenvalue weighted by molar-refractivity contribution is -0.161. The molecule has 4 nitrogen and oxygen atoms in total. The summed E-state index contributed by atoms with van der Waals surface area (Å²) in [6.45, 7) is 1.79. The van der Waals surface area contributed by atoms with Crippen LogP contribution in [0.4, 0.5) is 0 Å². The lowest BCUT2D eigenvalue weighted by atomic mass is 10.1. The van der Waals surface area contributed by atoms with Gasteiger partial charge in [0.05, 0.1) is 6.04 Å². The van der Waals surface area contributed by atoms with Gasteiger partial charge in [-0.3, -0.25) is 14.5 Å². The van der Waals surface area contributed by atoms with E-state index in [2.05, 4.69) is 15.9 Å². The van der Waals surface area contributed by atoms with E-state index in [0.29, 0.717) is 0 Å². The molecule has 90 valence electrons. The van der Waals surface area contributed by atoms with Crippen molar-refractivity contribution in [2.45, 2.75) is 13.0 Å². The zero-order valence-corrected chi connectivity index (χ0v) is 10.9. The van der Waals surface area contributed by atoms with Crippen molar-refractivity contribution < 1.29 is 14.3 Å². The van der Waals surface area contributed by atoms with Crippen LogP contribution in [0.15, 0.2) is 28.7 Å². The summed E-state index contributed by atoms with van der Waals surface area (Å²) in [7, 11) is 0. The van der Waals surface area contributed by atoms with Crippen molar-refractivity contribution >= 4 is 27.7 Å². The zero-order valence-electron chi connectivity index (χ0n) is 9.35. The second-order valence-electron chi connectivity index (χ2n) is 3.88. The summed E-state index contributed by atoms with van der Waals surface area (Å²) in [6.07, 6.45) is 0. The monoisotopic (exact) mass is 297 g/mol. The predicted molar refractivity (Wildman–Crippen MR) is 65.2 cm³/mol. The van der Waals surface area contributed by atoms with E-state index in [4.69, 9.17) is 4.74 Å². The van der Waals surface area contributed by atoms with E-state index in [-0.39, 0.29) is 31.1 Å². The van der Waals surface area contributed by atoms with Crippen LogP contribution < -0.4 is 0 Å². The number of morpholine rings is 1. The number of ether oxygens (including phenoxy) is 1. The third-order valence-electron chi connectivity index (χ3n) is 2.71. The molecule has 1 aromatic carbocycles. The standard InChI is InChI=1S/C12H12BrNO3/c1-8(9-3-2-4-10(13)5-9)14-11(15)6-17-7-12(14)16/h2-5,8H,6-7H2,1H3. The Bertz CT molecular complexity index is 445. The first kappa shape index (κ1) is 12.3. The average Bonchev–Trinajstić information content (AvgIpc) is 2.28. The normalized spacial score (nSPS) is 18.4. The molecule has 17 heavy (non-hydrogen) atoms. The van der Waals surface area contributed by atoms with Gasteiger partial charge in [-0.15, -0.1) is 0 Å². The van der Waals surface area contributed by atoms with Crippen molar-refractivity contribution in [2.24, 2.45) is 0 Å². The molecule has 0 radical (unpaired) electrons. The second-order valence-corrected chi connectivity index (χ2v) is 4.80. The molecule has 1 saturated heterocycles. The number of halogens is 1. The molecule has 0 aliphatic carbocycles. The SMILES string of the molecule is CC(c1cccc(Br)c1)N1C(=O)COCC1=O. The minimum Gasteiger partial charge on any atom is -0.362 e.